The molecule has 1 aromatic carbocycles. The molecule has 0 aliphatic rings. The zero-order valence-corrected chi connectivity index (χ0v) is 15.7. The molecule has 0 spiro atoms. The number of benzene rings is 1. The van der Waals surface area contributed by atoms with Crippen LogP contribution in [-0.4, -0.2) is 34.8 Å². The third-order valence-corrected chi connectivity index (χ3v) is 4.57. The maximum atomic E-state index is 12.3. The lowest BCUT2D eigenvalue weighted by Gasteiger charge is -2.11. The number of fused-ring (bicyclic) bond motifs is 1. The number of hydrogen-bond donors (Lipinski definition) is 0. The summed E-state index contributed by atoms with van der Waals surface area (Å²) in [5, 5.41) is 4.78. The van der Waals surface area contributed by atoms with Gasteiger partial charge in [0.05, 0.1) is 24.8 Å². The molecule has 2 heterocycles. The van der Waals surface area contributed by atoms with Crippen molar-refractivity contribution in [1.29, 1.82) is 0 Å². The van der Waals surface area contributed by atoms with E-state index >= 15 is 0 Å². The van der Waals surface area contributed by atoms with E-state index in [1.807, 2.05) is 0 Å². The molecule has 0 bridgehead atoms. The Balaban J connectivity index is 1.80. The Hall–Kier alpha value is -2.65. The minimum absolute atomic E-state index is 0.0999. The number of aromatic nitrogens is 3. The summed E-state index contributed by atoms with van der Waals surface area (Å²) in [6.07, 6.45) is 0. The normalized spacial score (nSPS) is 10.8. The molecule has 0 fully saturated rings. The quantitative estimate of drug-likeness (QED) is 0.613. The van der Waals surface area contributed by atoms with Crippen LogP contribution >= 0.6 is 22.9 Å². The fraction of sp³-hybridized carbons (Fsp3) is 0.250. The SMILES string of the molecule is COc1cc(C(=O)OCc2nn3c(=O)cc(C)nc3s2)cc(Cl)c1OC. The van der Waals surface area contributed by atoms with E-state index in [2.05, 4.69) is 10.1 Å². The fourth-order valence-electron chi connectivity index (χ4n) is 2.26. The molecule has 0 saturated carbocycles. The molecule has 0 unspecified atom stereocenters. The maximum absolute atomic E-state index is 12.3. The van der Waals surface area contributed by atoms with Crippen molar-refractivity contribution in [2.75, 3.05) is 14.2 Å². The lowest BCUT2D eigenvalue weighted by molar-refractivity contribution is 0.0471. The van der Waals surface area contributed by atoms with Crippen LogP contribution in [0.1, 0.15) is 21.1 Å². The highest BCUT2D eigenvalue weighted by Gasteiger charge is 2.17. The predicted octanol–water partition coefficient (Wildman–Crippen LogP) is 2.49. The van der Waals surface area contributed by atoms with E-state index in [-0.39, 0.29) is 22.8 Å². The molecule has 10 heteroatoms. The summed E-state index contributed by atoms with van der Waals surface area (Å²) >= 11 is 7.26. The second-order valence-corrected chi connectivity index (χ2v) is 6.64. The van der Waals surface area contributed by atoms with Gasteiger partial charge in [-0.3, -0.25) is 4.79 Å². The molecule has 0 amide bonds. The Morgan fingerprint density at radius 2 is 2.04 bits per heavy atom. The van der Waals surface area contributed by atoms with E-state index in [4.69, 9.17) is 25.8 Å². The number of rotatable bonds is 5. The van der Waals surface area contributed by atoms with Crippen molar-refractivity contribution in [3.63, 3.8) is 0 Å². The van der Waals surface area contributed by atoms with Crippen LogP contribution in [0, 0.1) is 6.92 Å². The first kappa shape index (κ1) is 18.2. The van der Waals surface area contributed by atoms with Crippen LogP contribution in [0.2, 0.25) is 5.02 Å². The van der Waals surface area contributed by atoms with Crippen molar-refractivity contribution in [2.24, 2.45) is 0 Å². The second-order valence-electron chi connectivity index (χ2n) is 5.20. The van der Waals surface area contributed by atoms with E-state index in [1.165, 1.54) is 48.3 Å². The molecule has 0 radical (unpaired) electrons. The van der Waals surface area contributed by atoms with Gasteiger partial charge in [-0.05, 0) is 19.1 Å². The number of esters is 1. The minimum Gasteiger partial charge on any atom is -0.493 e. The molecule has 136 valence electrons. The topological polar surface area (TPSA) is 92.0 Å². The standard InChI is InChI=1S/C16H14ClN3O5S/c1-8-4-13(21)20-16(18-8)26-12(19-20)7-25-15(22)9-5-10(17)14(24-3)11(6-9)23-2/h4-6H,7H2,1-3H3. The van der Waals surface area contributed by atoms with Crippen LogP contribution in [-0.2, 0) is 11.3 Å². The zero-order chi connectivity index (χ0) is 18.8. The van der Waals surface area contributed by atoms with Gasteiger partial charge in [-0.1, -0.05) is 22.9 Å². The summed E-state index contributed by atoms with van der Waals surface area (Å²) < 4.78 is 16.7. The highest BCUT2D eigenvalue weighted by atomic mass is 35.5. The number of hydrogen-bond acceptors (Lipinski definition) is 8. The smallest absolute Gasteiger partial charge is 0.338 e. The summed E-state index contributed by atoms with van der Waals surface area (Å²) in [4.78, 5) is 28.8. The summed E-state index contributed by atoms with van der Waals surface area (Å²) in [5.74, 6) is 0.0412. The molecule has 3 rings (SSSR count). The van der Waals surface area contributed by atoms with Crippen molar-refractivity contribution in [1.82, 2.24) is 14.6 Å². The Labute approximate surface area is 156 Å². The van der Waals surface area contributed by atoms with Gasteiger partial charge in [-0.15, -0.1) is 0 Å². The van der Waals surface area contributed by atoms with Gasteiger partial charge in [0.25, 0.3) is 5.56 Å². The number of ether oxygens (including phenoxy) is 3. The summed E-state index contributed by atoms with van der Waals surface area (Å²) in [5.41, 5.74) is 0.523. The molecule has 0 N–H and O–H groups in total. The van der Waals surface area contributed by atoms with Gasteiger partial charge in [0, 0.05) is 11.8 Å². The first-order chi connectivity index (χ1) is 12.4. The third-order valence-electron chi connectivity index (χ3n) is 3.41. The van der Waals surface area contributed by atoms with Crippen molar-refractivity contribution >= 4 is 33.9 Å². The van der Waals surface area contributed by atoms with Crippen LogP contribution < -0.4 is 15.0 Å². The number of aryl methyl sites for hydroxylation is 1. The van der Waals surface area contributed by atoms with E-state index in [0.717, 1.165) is 0 Å². The summed E-state index contributed by atoms with van der Waals surface area (Å²) in [6, 6.07) is 4.29. The Morgan fingerprint density at radius 3 is 2.73 bits per heavy atom. The minimum atomic E-state index is -0.608. The molecule has 0 aliphatic heterocycles. The van der Waals surface area contributed by atoms with Crippen molar-refractivity contribution in [3.8, 4) is 11.5 Å². The van der Waals surface area contributed by atoms with Gasteiger partial charge >= 0.3 is 5.97 Å². The summed E-state index contributed by atoms with van der Waals surface area (Å²) in [7, 11) is 2.89. The number of nitrogens with zero attached hydrogens (tertiary/aromatic N) is 3. The molecular weight excluding hydrogens is 382 g/mol. The van der Waals surface area contributed by atoms with Crippen molar-refractivity contribution in [2.45, 2.75) is 13.5 Å². The van der Waals surface area contributed by atoms with Gasteiger partial charge in [-0.25, -0.2) is 9.78 Å². The van der Waals surface area contributed by atoms with Crippen LogP contribution in [0.3, 0.4) is 0 Å². The first-order valence-corrected chi connectivity index (χ1v) is 8.57. The maximum Gasteiger partial charge on any atom is 0.338 e. The molecule has 26 heavy (non-hydrogen) atoms. The average Bonchev–Trinajstić information content (AvgIpc) is 3.02. The van der Waals surface area contributed by atoms with Gasteiger partial charge in [0.2, 0.25) is 4.96 Å². The van der Waals surface area contributed by atoms with Crippen molar-refractivity contribution in [3.05, 3.63) is 49.8 Å². The molecule has 3 aromatic rings. The predicted molar refractivity (Wildman–Crippen MR) is 95.5 cm³/mol. The number of methoxy groups -OCH3 is 2. The highest BCUT2D eigenvalue weighted by Crippen LogP contribution is 2.36. The average molecular weight is 396 g/mol. The monoisotopic (exact) mass is 395 g/mol. The van der Waals surface area contributed by atoms with Crippen LogP contribution in [0.15, 0.2) is 23.0 Å². The van der Waals surface area contributed by atoms with Gasteiger partial charge in [-0.2, -0.15) is 9.61 Å². The largest absolute Gasteiger partial charge is 0.493 e. The Kier molecular flexibility index (Phi) is 5.10. The van der Waals surface area contributed by atoms with E-state index in [9.17, 15) is 9.59 Å². The molecule has 0 aliphatic carbocycles. The second kappa shape index (κ2) is 7.30. The van der Waals surface area contributed by atoms with Crippen molar-refractivity contribution < 1.29 is 19.0 Å². The first-order valence-electron chi connectivity index (χ1n) is 7.38. The third kappa shape index (κ3) is 3.49. The highest BCUT2D eigenvalue weighted by molar-refractivity contribution is 7.16. The Morgan fingerprint density at radius 1 is 1.27 bits per heavy atom. The summed E-state index contributed by atoms with van der Waals surface area (Å²) in [6.45, 7) is 1.62. The lowest BCUT2D eigenvalue weighted by Crippen LogP contribution is -2.14. The van der Waals surface area contributed by atoms with Crippen LogP contribution in [0.5, 0.6) is 11.5 Å². The van der Waals surface area contributed by atoms with Gasteiger partial charge < -0.3 is 14.2 Å². The van der Waals surface area contributed by atoms with E-state index in [1.54, 1.807) is 6.92 Å². The fourth-order valence-corrected chi connectivity index (χ4v) is 3.41. The number of halogens is 1. The van der Waals surface area contributed by atoms with Crippen LogP contribution in [0.4, 0.5) is 0 Å². The lowest BCUT2D eigenvalue weighted by atomic mass is 10.2. The Bertz CT molecular complexity index is 1050. The molecular formula is C16H14ClN3O5S. The molecule has 0 saturated heterocycles. The molecule has 0 atom stereocenters. The van der Waals surface area contributed by atoms with Crippen LogP contribution in [0.25, 0.3) is 4.96 Å². The van der Waals surface area contributed by atoms with E-state index in [0.29, 0.717) is 27.2 Å². The number of carbonyl (C=O) groups is 1. The van der Waals surface area contributed by atoms with Gasteiger partial charge in [0.15, 0.2) is 16.5 Å². The molecule has 8 nitrogen and oxygen atoms in total. The molecule has 2 aromatic heterocycles. The zero-order valence-electron chi connectivity index (χ0n) is 14.1. The van der Waals surface area contributed by atoms with E-state index < -0.39 is 5.97 Å². The van der Waals surface area contributed by atoms with Gasteiger partial charge in [0.1, 0.15) is 6.61 Å². The number of carbonyl (C=O) groups excluding carboxylic acids is 1.